The van der Waals surface area contributed by atoms with Crippen molar-refractivity contribution in [2.75, 3.05) is 5.32 Å². The quantitative estimate of drug-likeness (QED) is 0.728. The van der Waals surface area contributed by atoms with Gasteiger partial charge in [-0.3, -0.25) is 0 Å². The van der Waals surface area contributed by atoms with E-state index in [9.17, 15) is 0 Å². The fraction of sp³-hybridized carbons (Fsp3) is 0.222. The molecule has 2 heterocycles. The number of rotatable bonds is 4. The van der Waals surface area contributed by atoms with Gasteiger partial charge >= 0.3 is 0 Å². The van der Waals surface area contributed by atoms with Crippen LogP contribution in [-0.4, -0.2) is 29.7 Å². The molecule has 0 atom stereocenters. The Morgan fingerprint density at radius 3 is 2.88 bits per heavy atom. The Bertz CT molecular complexity index is 536. The molecule has 2 aromatic rings. The highest BCUT2D eigenvalue weighted by molar-refractivity contribution is 7.80. The third kappa shape index (κ3) is 2.53. The number of nitrogens with zero attached hydrogens (tertiary/aromatic N) is 5. The molecular weight excluding hydrogens is 238 g/mol. The summed E-state index contributed by atoms with van der Waals surface area (Å²) in [5.41, 5.74) is 6.03. The summed E-state index contributed by atoms with van der Waals surface area (Å²) in [5, 5.41) is 10.8. The molecule has 7 nitrogen and oxygen atoms in total. The third-order valence-electron chi connectivity index (χ3n) is 2.15. The van der Waals surface area contributed by atoms with Crippen LogP contribution < -0.4 is 11.1 Å². The van der Waals surface area contributed by atoms with Crippen LogP contribution >= 0.6 is 12.2 Å². The van der Waals surface area contributed by atoms with Gasteiger partial charge in [-0.05, 0) is 0 Å². The Hall–Kier alpha value is -2.09. The maximum absolute atomic E-state index is 5.55. The standard InChI is InChI=1S/C9H11N7S/c1-16-5-14-15-6(16)4-13-9-7(8(10)17)11-2-3-12-9/h2-3,5H,4H2,1H3,(H2,10,17)(H,12,13). The lowest BCUT2D eigenvalue weighted by Crippen LogP contribution is -2.17. The van der Waals surface area contributed by atoms with Gasteiger partial charge in [0, 0.05) is 19.4 Å². The predicted molar refractivity (Wildman–Crippen MR) is 66.2 cm³/mol. The van der Waals surface area contributed by atoms with E-state index in [1.54, 1.807) is 18.7 Å². The van der Waals surface area contributed by atoms with Gasteiger partial charge in [0.05, 0.1) is 6.54 Å². The third-order valence-corrected chi connectivity index (χ3v) is 2.34. The van der Waals surface area contributed by atoms with Gasteiger partial charge in [0.25, 0.3) is 0 Å². The molecular formula is C9H11N7S. The number of thiocarbonyl (C=S) groups is 1. The Morgan fingerprint density at radius 1 is 1.47 bits per heavy atom. The normalized spacial score (nSPS) is 10.2. The molecule has 0 amide bonds. The summed E-state index contributed by atoms with van der Waals surface area (Å²) in [7, 11) is 1.86. The van der Waals surface area contributed by atoms with Crippen LogP contribution in [0.5, 0.6) is 0 Å². The van der Waals surface area contributed by atoms with Crippen molar-refractivity contribution < 1.29 is 0 Å². The second-order valence-electron chi connectivity index (χ2n) is 3.33. The second-order valence-corrected chi connectivity index (χ2v) is 3.77. The van der Waals surface area contributed by atoms with E-state index in [0.717, 1.165) is 5.82 Å². The zero-order chi connectivity index (χ0) is 12.3. The van der Waals surface area contributed by atoms with Gasteiger partial charge < -0.3 is 15.6 Å². The summed E-state index contributed by atoms with van der Waals surface area (Å²) in [6.07, 6.45) is 4.74. The van der Waals surface area contributed by atoms with Crippen LogP contribution in [0, 0.1) is 0 Å². The van der Waals surface area contributed by atoms with Gasteiger partial charge in [0.15, 0.2) is 11.6 Å². The molecule has 17 heavy (non-hydrogen) atoms. The minimum atomic E-state index is 0.207. The summed E-state index contributed by atoms with van der Waals surface area (Å²) >= 11 is 4.89. The van der Waals surface area contributed by atoms with Gasteiger partial charge in [0.1, 0.15) is 17.0 Å². The largest absolute Gasteiger partial charge is 0.388 e. The van der Waals surface area contributed by atoms with Crippen LogP contribution in [0.3, 0.4) is 0 Å². The number of hydrogen-bond acceptors (Lipinski definition) is 6. The molecule has 0 spiro atoms. The molecule has 0 aliphatic carbocycles. The molecule has 2 rings (SSSR count). The number of hydrogen-bond donors (Lipinski definition) is 2. The van der Waals surface area contributed by atoms with E-state index in [2.05, 4.69) is 25.5 Å². The van der Waals surface area contributed by atoms with Gasteiger partial charge in [0.2, 0.25) is 0 Å². The van der Waals surface area contributed by atoms with Crippen LogP contribution in [0.4, 0.5) is 5.82 Å². The van der Waals surface area contributed by atoms with E-state index in [1.807, 2.05) is 11.6 Å². The lowest BCUT2D eigenvalue weighted by molar-refractivity contribution is 0.809. The van der Waals surface area contributed by atoms with Crippen LogP contribution in [-0.2, 0) is 13.6 Å². The number of anilines is 1. The van der Waals surface area contributed by atoms with E-state index in [0.29, 0.717) is 18.1 Å². The fourth-order valence-electron chi connectivity index (χ4n) is 1.28. The molecule has 0 aliphatic heterocycles. The fourth-order valence-corrected chi connectivity index (χ4v) is 1.43. The summed E-state index contributed by atoms with van der Waals surface area (Å²) in [6.45, 7) is 0.477. The molecule has 8 heteroatoms. The topological polar surface area (TPSA) is 94.5 Å². The monoisotopic (exact) mass is 249 g/mol. The average Bonchev–Trinajstić information content (AvgIpc) is 2.72. The van der Waals surface area contributed by atoms with Crippen molar-refractivity contribution in [2.45, 2.75) is 6.54 Å². The molecule has 0 fully saturated rings. The highest BCUT2D eigenvalue weighted by Crippen LogP contribution is 2.09. The van der Waals surface area contributed by atoms with Crippen LogP contribution in [0.2, 0.25) is 0 Å². The van der Waals surface area contributed by atoms with E-state index >= 15 is 0 Å². The van der Waals surface area contributed by atoms with Crippen molar-refractivity contribution in [2.24, 2.45) is 12.8 Å². The molecule has 0 bridgehead atoms. The van der Waals surface area contributed by atoms with Gasteiger partial charge in [-0.2, -0.15) is 0 Å². The van der Waals surface area contributed by atoms with Crippen molar-refractivity contribution >= 4 is 23.0 Å². The predicted octanol–water partition coefficient (Wildman–Crippen LogP) is -0.149. The highest BCUT2D eigenvalue weighted by Gasteiger charge is 2.08. The summed E-state index contributed by atoms with van der Waals surface area (Å²) in [4.78, 5) is 8.40. The molecule has 2 aromatic heterocycles. The first-order chi connectivity index (χ1) is 8.18. The van der Waals surface area contributed by atoms with Crippen molar-refractivity contribution in [1.82, 2.24) is 24.7 Å². The smallest absolute Gasteiger partial charge is 0.155 e. The van der Waals surface area contributed by atoms with Crippen molar-refractivity contribution in [3.05, 3.63) is 30.2 Å². The average molecular weight is 249 g/mol. The lowest BCUT2D eigenvalue weighted by Gasteiger charge is -2.07. The first kappa shape index (κ1) is 11.4. The van der Waals surface area contributed by atoms with Crippen LogP contribution in [0.15, 0.2) is 18.7 Å². The SMILES string of the molecule is Cn1cnnc1CNc1nccnc1C(N)=S. The number of nitrogens with two attached hydrogens (primary N) is 1. The minimum absolute atomic E-state index is 0.207. The number of nitrogens with one attached hydrogen (secondary N) is 1. The first-order valence-electron chi connectivity index (χ1n) is 4.86. The lowest BCUT2D eigenvalue weighted by atomic mass is 10.4. The zero-order valence-corrected chi connectivity index (χ0v) is 9.98. The molecule has 0 radical (unpaired) electrons. The van der Waals surface area contributed by atoms with Gasteiger partial charge in [-0.15, -0.1) is 10.2 Å². The second kappa shape index (κ2) is 4.83. The minimum Gasteiger partial charge on any atom is -0.388 e. The van der Waals surface area contributed by atoms with Crippen molar-refractivity contribution in [3.63, 3.8) is 0 Å². The molecule has 0 aromatic carbocycles. The molecule has 88 valence electrons. The Morgan fingerprint density at radius 2 is 2.24 bits per heavy atom. The zero-order valence-electron chi connectivity index (χ0n) is 9.16. The highest BCUT2D eigenvalue weighted by atomic mass is 32.1. The molecule has 0 saturated heterocycles. The van der Waals surface area contributed by atoms with Crippen LogP contribution in [0.25, 0.3) is 0 Å². The maximum Gasteiger partial charge on any atom is 0.155 e. The van der Waals surface area contributed by atoms with E-state index in [4.69, 9.17) is 18.0 Å². The van der Waals surface area contributed by atoms with E-state index in [-0.39, 0.29) is 4.99 Å². The number of aryl methyl sites for hydroxylation is 1. The van der Waals surface area contributed by atoms with Crippen LogP contribution in [0.1, 0.15) is 11.5 Å². The Kier molecular flexibility index (Phi) is 3.24. The Labute approximate surface area is 103 Å². The summed E-state index contributed by atoms with van der Waals surface area (Å²) < 4.78 is 1.81. The number of aromatic nitrogens is 5. The van der Waals surface area contributed by atoms with E-state index in [1.165, 1.54) is 0 Å². The maximum atomic E-state index is 5.55. The Balaban J connectivity index is 2.14. The molecule has 3 N–H and O–H groups in total. The molecule has 0 aliphatic rings. The molecule has 0 unspecified atom stereocenters. The van der Waals surface area contributed by atoms with Crippen molar-refractivity contribution in [1.29, 1.82) is 0 Å². The van der Waals surface area contributed by atoms with Crippen molar-refractivity contribution in [3.8, 4) is 0 Å². The molecule has 0 saturated carbocycles. The summed E-state index contributed by atoms with van der Waals surface area (Å²) in [6, 6.07) is 0. The summed E-state index contributed by atoms with van der Waals surface area (Å²) in [5.74, 6) is 1.33. The van der Waals surface area contributed by atoms with Gasteiger partial charge in [-0.1, -0.05) is 12.2 Å². The van der Waals surface area contributed by atoms with Gasteiger partial charge in [-0.25, -0.2) is 9.97 Å². The van der Waals surface area contributed by atoms with E-state index < -0.39 is 0 Å². The first-order valence-corrected chi connectivity index (χ1v) is 5.27.